The quantitative estimate of drug-likeness (QED) is 0.585. The summed E-state index contributed by atoms with van der Waals surface area (Å²) >= 11 is 5.70. The van der Waals surface area contributed by atoms with Crippen molar-refractivity contribution in [2.75, 3.05) is 25.5 Å². The molecular formula is C22H35N3S. The van der Waals surface area contributed by atoms with Crippen molar-refractivity contribution < 1.29 is 0 Å². The summed E-state index contributed by atoms with van der Waals surface area (Å²) < 4.78 is 0. The molecule has 4 heteroatoms. The Hall–Kier alpha value is -1.13. The molecular weight excluding hydrogens is 338 g/mol. The Morgan fingerprint density at radius 1 is 1.00 bits per heavy atom. The average molecular weight is 374 g/mol. The molecule has 0 aromatic heterocycles. The Morgan fingerprint density at radius 2 is 1.62 bits per heavy atom. The van der Waals surface area contributed by atoms with Crippen molar-refractivity contribution in [1.82, 2.24) is 9.80 Å². The van der Waals surface area contributed by atoms with Crippen molar-refractivity contribution >= 4 is 23.0 Å². The van der Waals surface area contributed by atoms with E-state index in [1.165, 1.54) is 62.5 Å². The predicted octanol–water partition coefficient (Wildman–Crippen LogP) is 5.12. The van der Waals surface area contributed by atoms with Crippen LogP contribution in [0.25, 0.3) is 0 Å². The molecule has 1 aliphatic carbocycles. The molecule has 0 atom stereocenters. The molecule has 0 amide bonds. The summed E-state index contributed by atoms with van der Waals surface area (Å²) in [7, 11) is 2.36. The summed E-state index contributed by atoms with van der Waals surface area (Å²) in [5, 5.41) is 4.35. The second kappa shape index (κ2) is 9.18. The van der Waals surface area contributed by atoms with Gasteiger partial charge >= 0.3 is 0 Å². The molecule has 1 aromatic rings. The molecule has 2 fully saturated rings. The van der Waals surface area contributed by atoms with Crippen LogP contribution in [-0.2, 0) is 0 Å². The number of piperidine rings is 1. The number of anilines is 1. The van der Waals surface area contributed by atoms with E-state index in [4.69, 9.17) is 12.2 Å². The second-order valence-electron chi connectivity index (χ2n) is 8.28. The van der Waals surface area contributed by atoms with Gasteiger partial charge in [0.15, 0.2) is 5.11 Å². The van der Waals surface area contributed by atoms with Crippen LogP contribution in [0.15, 0.2) is 18.2 Å². The molecule has 1 saturated carbocycles. The topological polar surface area (TPSA) is 18.5 Å². The van der Waals surface area contributed by atoms with Gasteiger partial charge in [-0.25, -0.2) is 0 Å². The first-order valence-corrected chi connectivity index (χ1v) is 10.8. The van der Waals surface area contributed by atoms with Gasteiger partial charge in [0.05, 0.1) is 0 Å². The third-order valence-corrected chi connectivity index (χ3v) is 6.71. The van der Waals surface area contributed by atoms with Gasteiger partial charge in [-0.15, -0.1) is 0 Å². The van der Waals surface area contributed by atoms with Gasteiger partial charge in [0, 0.05) is 30.9 Å². The van der Waals surface area contributed by atoms with Crippen LogP contribution >= 0.6 is 12.2 Å². The van der Waals surface area contributed by atoms with E-state index in [1.807, 2.05) is 0 Å². The molecule has 1 saturated heterocycles. The molecule has 1 aliphatic heterocycles. The molecule has 3 rings (SSSR count). The van der Waals surface area contributed by atoms with Crippen LogP contribution in [0.2, 0.25) is 0 Å². The Labute approximate surface area is 165 Å². The zero-order valence-corrected chi connectivity index (χ0v) is 17.6. The molecule has 1 N–H and O–H groups in total. The van der Waals surface area contributed by atoms with Crippen LogP contribution in [-0.4, -0.2) is 47.1 Å². The number of aryl methyl sites for hydroxylation is 2. The Morgan fingerprint density at radius 3 is 2.23 bits per heavy atom. The molecule has 1 aromatic carbocycles. The van der Waals surface area contributed by atoms with E-state index in [1.54, 1.807) is 0 Å². The van der Waals surface area contributed by atoms with E-state index >= 15 is 0 Å². The predicted molar refractivity (Wildman–Crippen MR) is 116 cm³/mol. The standard InChI is InChI=1S/C22H35N3S/c1-17-10-11-21(18(2)16-17)23-22(26)25-14-12-20(13-15-25)24(3)19-8-6-4-5-7-9-19/h10-11,16,19-20H,4-9,12-15H2,1-3H3,(H,23,26). The smallest absolute Gasteiger partial charge is 0.173 e. The fourth-order valence-corrected chi connectivity index (χ4v) is 4.88. The van der Waals surface area contributed by atoms with Crippen LogP contribution in [0, 0.1) is 13.8 Å². The summed E-state index contributed by atoms with van der Waals surface area (Å²) in [6, 6.07) is 8.02. The number of thiocarbonyl (C=S) groups is 1. The number of nitrogens with one attached hydrogen (secondary N) is 1. The van der Waals surface area contributed by atoms with Gasteiger partial charge in [0.25, 0.3) is 0 Å². The number of hydrogen-bond acceptors (Lipinski definition) is 2. The lowest BCUT2D eigenvalue weighted by molar-refractivity contribution is 0.111. The normalized spacial score (nSPS) is 20.2. The lowest BCUT2D eigenvalue weighted by Gasteiger charge is -2.41. The second-order valence-corrected chi connectivity index (χ2v) is 8.66. The van der Waals surface area contributed by atoms with E-state index in [2.05, 4.69) is 54.2 Å². The minimum absolute atomic E-state index is 0.721. The monoisotopic (exact) mass is 373 g/mol. The van der Waals surface area contributed by atoms with Crippen LogP contribution in [0.5, 0.6) is 0 Å². The van der Waals surface area contributed by atoms with Gasteiger partial charge in [-0.3, -0.25) is 0 Å². The fourth-order valence-electron chi connectivity index (χ4n) is 4.59. The zero-order chi connectivity index (χ0) is 18.5. The zero-order valence-electron chi connectivity index (χ0n) is 16.8. The third kappa shape index (κ3) is 4.98. The Kier molecular flexibility index (Phi) is 6.93. The fraction of sp³-hybridized carbons (Fsp3) is 0.682. The van der Waals surface area contributed by atoms with E-state index in [0.29, 0.717) is 0 Å². The van der Waals surface area contributed by atoms with E-state index in [0.717, 1.165) is 36.0 Å². The number of benzene rings is 1. The molecule has 0 spiro atoms. The number of nitrogens with zero attached hydrogens (tertiary/aromatic N) is 2. The van der Waals surface area contributed by atoms with Gasteiger partial charge in [-0.1, -0.05) is 43.4 Å². The summed E-state index contributed by atoms with van der Waals surface area (Å²) in [5.41, 5.74) is 3.69. The largest absolute Gasteiger partial charge is 0.349 e. The minimum atomic E-state index is 0.721. The van der Waals surface area contributed by atoms with Gasteiger partial charge in [-0.05, 0) is 70.4 Å². The van der Waals surface area contributed by atoms with Gasteiger partial charge in [0.1, 0.15) is 0 Å². The Bertz CT molecular complexity index is 599. The maximum absolute atomic E-state index is 5.70. The SMILES string of the molecule is Cc1ccc(NC(=S)N2CCC(N(C)C3CCCCCC3)CC2)c(C)c1. The van der Waals surface area contributed by atoms with Crippen LogP contribution in [0.4, 0.5) is 5.69 Å². The van der Waals surface area contributed by atoms with Crippen LogP contribution in [0.3, 0.4) is 0 Å². The number of hydrogen-bond donors (Lipinski definition) is 1. The molecule has 26 heavy (non-hydrogen) atoms. The van der Waals surface area contributed by atoms with Gasteiger partial charge in [-0.2, -0.15) is 0 Å². The highest BCUT2D eigenvalue weighted by molar-refractivity contribution is 7.80. The lowest BCUT2D eigenvalue weighted by Crippen LogP contribution is -2.49. The molecule has 0 radical (unpaired) electrons. The lowest BCUT2D eigenvalue weighted by atomic mass is 9.99. The van der Waals surface area contributed by atoms with Crippen LogP contribution < -0.4 is 5.32 Å². The third-order valence-electron chi connectivity index (χ3n) is 6.35. The first-order chi connectivity index (χ1) is 12.5. The van der Waals surface area contributed by atoms with Crippen molar-refractivity contribution in [2.45, 2.75) is 77.3 Å². The van der Waals surface area contributed by atoms with Crippen molar-refractivity contribution in [1.29, 1.82) is 0 Å². The molecule has 144 valence electrons. The summed E-state index contributed by atoms with van der Waals surface area (Å²) in [6.45, 7) is 6.41. The molecule has 0 unspecified atom stereocenters. The van der Waals surface area contributed by atoms with Crippen LogP contribution in [0.1, 0.15) is 62.5 Å². The summed E-state index contributed by atoms with van der Waals surface area (Å²) in [4.78, 5) is 5.05. The maximum atomic E-state index is 5.70. The molecule has 3 nitrogen and oxygen atoms in total. The minimum Gasteiger partial charge on any atom is -0.349 e. The van der Waals surface area contributed by atoms with Crippen molar-refractivity contribution in [3.8, 4) is 0 Å². The molecule has 2 aliphatic rings. The first-order valence-electron chi connectivity index (χ1n) is 10.4. The molecule has 0 bridgehead atoms. The van der Waals surface area contributed by atoms with E-state index in [-0.39, 0.29) is 0 Å². The van der Waals surface area contributed by atoms with Crippen molar-refractivity contribution in [3.05, 3.63) is 29.3 Å². The number of likely N-dealkylation sites (tertiary alicyclic amines) is 1. The van der Waals surface area contributed by atoms with Crippen molar-refractivity contribution in [3.63, 3.8) is 0 Å². The highest BCUT2D eigenvalue weighted by Crippen LogP contribution is 2.26. The summed E-state index contributed by atoms with van der Waals surface area (Å²) in [6.07, 6.45) is 10.9. The van der Waals surface area contributed by atoms with E-state index < -0.39 is 0 Å². The Balaban J connectivity index is 1.50. The van der Waals surface area contributed by atoms with Gasteiger partial charge < -0.3 is 15.1 Å². The van der Waals surface area contributed by atoms with Gasteiger partial charge in [0.2, 0.25) is 0 Å². The summed E-state index contributed by atoms with van der Waals surface area (Å²) in [5.74, 6) is 0. The number of rotatable bonds is 3. The van der Waals surface area contributed by atoms with Crippen molar-refractivity contribution in [2.24, 2.45) is 0 Å². The van der Waals surface area contributed by atoms with E-state index in [9.17, 15) is 0 Å². The average Bonchev–Trinajstić information content (AvgIpc) is 2.93. The highest BCUT2D eigenvalue weighted by atomic mass is 32.1. The highest BCUT2D eigenvalue weighted by Gasteiger charge is 2.28. The maximum Gasteiger partial charge on any atom is 0.173 e. The first kappa shape index (κ1) is 19.6. The molecule has 1 heterocycles.